The van der Waals surface area contributed by atoms with Gasteiger partial charge in [-0.25, -0.2) is 0 Å². The Hall–Kier alpha value is -4.71. The molecule has 40 heavy (non-hydrogen) atoms. The van der Waals surface area contributed by atoms with Crippen LogP contribution in [0.4, 0.5) is 0 Å². The Balaban J connectivity index is 1.48. The number of aryl methyl sites for hydroxylation is 1. The molecule has 1 aliphatic heterocycles. The third kappa shape index (κ3) is 5.52. The molecule has 0 aliphatic carbocycles. The number of ketones is 1. The third-order valence-corrected chi connectivity index (χ3v) is 7.32. The maximum Gasteiger partial charge on any atom is 0.295 e. The Morgan fingerprint density at radius 1 is 0.950 bits per heavy atom. The van der Waals surface area contributed by atoms with Crippen molar-refractivity contribution in [1.29, 1.82) is 0 Å². The Morgan fingerprint density at radius 3 is 2.33 bits per heavy atom. The highest BCUT2D eigenvalue weighted by atomic mass is 16.5. The minimum atomic E-state index is -0.738. The molecule has 0 spiro atoms. The van der Waals surface area contributed by atoms with Crippen LogP contribution in [0.5, 0.6) is 5.75 Å². The van der Waals surface area contributed by atoms with E-state index in [4.69, 9.17) is 4.74 Å². The number of likely N-dealkylation sites (tertiary alicyclic amines) is 1. The lowest BCUT2D eigenvalue weighted by molar-refractivity contribution is -0.140. The maximum atomic E-state index is 13.4. The van der Waals surface area contributed by atoms with E-state index in [2.05, 4.69) is 18.8 Å². The molecule has 202 valence electrons. The van der Waals surface area contributed by atoms with Gasteiger partial charge in [0.15, 0.2) is 0 Å². The lowest BCUT2D eigenvalue weighted by Crippen LogP contribution is -2.29. The fourth-order valence-electron chi connectivity index (χ4n) is 4.94. The lowest BCUT2D eigenvalue weighted by Gasteiger charge is -2.25. The second-order valence-electron chi connectivity index (χ2n) is 10.3. The minimum Gasteiger partial charge on any atom is -0.507 e. The summed E-state index contributed by atoms with van der Waals surface area (Å²) < 4.78 is 5.94. The van der Waals surface area contributed by atoms with Gasteiger partial charge >= 0.3 is 0 Å². The van der Waals surface area contributed by atoms with Gasteiger partial charge in [0, 0.05) is 24.5 Å². The molecule has 1 N–H and O–H groups in total. The molecule has 1 atom stereocenters. The highest BCUT2D eigenvalue weighted by Crippen LogP contribution is 2.40. The molecule has 1 fully saturated rings. The van der Waals surface area contributed by atoms with E-state index in [-0.39, 0.29) is 17.9 Å². The van der Waals surface area contributed by atoms with Crippen LogP contribution in [0.25, 0.3) is 5.76 Å². The Labute approximate surface area is 234 Å². The van der Waals surface area contributed by atoms with Crippen molar-refractivity contribution in [2.75, 3.05) is 0 Å². The Bertz CT molecular complexity index is 1540. The number of ether oxygens (including phenoxy) is 1. The number of nitrogens with zero attached hydrogens (tertiary/aromatic N) is 2. The first-order valence-electron chi connectivity index (χ1n) is 13.4. The van der Waals surface area contributed by atoms with Crippen molar-refractivity contribution >= 4 is 17.4 Å². The summed E-state index contributed by atoms with van der Waals surface area (Å²) in [4.78, 5) is 32.4. The summed E-state index contributed by atoms with van der Waals surface area (Å²) in [6, 6.07) is 25.7. The topological polar surface area (TPSA) is 79.7 Å². The largest absolute Gasteiger partial charge is 0.507 e. The zero-order valence-electron chi connectivity index (χ0n) is 22.9. The number of carbonyl (C=O) groups excluding carboxylic acids is 2. The Kier molecular flexibility index (Phi) is 7.78. The van der Waals surface area contributed by atoms with Crippen LogP contribution in [0, 0.1) is 6.92 Å². The van der Waals surface area contributed by atoms with Gasteiger partial charge in [-0.1, -0.05) is 68.4 Å². The molecule has 1 amide bonds. The first-order chi connectivity index (χ1) is 19.3. The average molecular weight is 533 g/mol. The van der Waals surface area contributed by atoms with Gasteiger partial charge in [-0.15, -0.1) is 0 Å². The normalized spacial score (nSPS) is 16.5. The van der Waals surface area contributed by atoms with E-state index in [1.54, 1.807) is 42.7 Å². The Morgan fingerprint density at radius 2 is 1.68 bits per heavy atom. The smallest absolute Gasteiger partial charge is 0.295 e. The first-order valence-corrected chi connectivity index (χ1v) is 13.4. The van der Waals surface area contributed by atoms with Crippen LogP contribution in [0.2, 0.25) is 0 Å². The summed E-state index contributed by atoms with van der Waals surface area (Å²) >= 11 is 0. The van der Waals surface area contributed by atoms with Crippen molar-refractivity contribution in [3.05, 3.63) is 136 Å². The van der Waals surface area contributed by atoms with Gasteiger partial charge in [0.1, 0.15) is 18.1 Å². The zero-order valence-corrected chi connectivity index (χ0v) is 22.9. The highest BCUT2D eigenvalue weighted by molar-refractivity contribution is 6.46. The van der Waals surface area contributed by atoms with Crippen molar-refractivity contribution < 1.29 is 19.4 Å². The first kappa shape index (κ1) is 26.9. The van der Waals surface area contributed by atoms with Gasteiger partial charge in [-0.2, -0.15) is 0 Å². The van der Waals surface area contributed by atoms with Crippen molar-refractivity contribution in [1.82, 2.24) is 9.88 Å². The second-order valence-corrected chi connectivity index (χ2v) is 10.3. The standard InChI is InChI=1S/C34H32N2O4/c1-22(2)25-10-12-26(13-11-25)31-30(33(38)34(39)36(31)20-24-8-6-18-35-19-24)32(37)27-14-16-29(17-15-27)40-21-28-9-5-4-7-23(28)3/h4-19,22,31,37H,20-21H2,1-3H3. The fraction of sp³-hybridized carbons (Fsp3) is 0.206. The summed E-state index contributed by atoms with van der Waals surface area (Å²) in [5, 5.41) is 11.4. The van der Waals surface area contributed by atoms with Gasteiger partial charge in [0.2, 0.25) is 0 Å². The molecule has 6 nitrogen and oxygen atoms in total. The molecular formula is C34H32N2O4. The van der Waals surface area contributed by atoms with Crippen molar-refractivity contribution in [2.24, 2.45) is 0 Å². The van der Waals surface area contributed by atoms with E-state index in [1.165, 1.54) is 4.90 Å². The van der Waals surface area contributed by atoms with Crippen LogP contribution < -0.4 is 4.74 Å². The molecule has 0 bridgehead atoms. The summed E-state index contributed by atoms with van der Waals surface area (Å²) in [6.07, 6.45) is 3.34. The fourth-order valence-corrected chi connectivity index (χ4v) is 4.94. The molecule has 0 radical (unpaired) electrons. The minimum absolute atomic E-state index is 0.0692. The monoisotopic (exact) mass is 532 g/mol. The van der Waals surface area contributed by atoms with Gasteiger partial charge in [0.05, 0.1) is 11.6 Å². The summed E-state index contributed by atoms with van der Waals surface area (Å²) in [5.41, 5.74) is 5.44. The molecule has 2 heterocycles. The number of aromatic nitrogens is 1. The van der Waals surface area contributed by atoms with Crippen LogP contribution in [-0.4, -0.2) is 26.7 Å². The molecular weight excluding hydrogens is 500 g/mol. The third-order valence-electron chi connectivity index (χ3n) is 7.32. The van der Waals surface area contributed by atoms with Crippen molar-refractivity contribution in [3.8, 4) is 5.75 Å². The molecule has 5 rings (SSSR count). The van der Waals surface area contributed by atoms with Gasteiger partial charge in [0.25, 0.3) is 11.7 Å². The molecule has 0 saturated carbocycles. The number of hydrogen-bond acceptors (Lipinski definition) is 5. The second kappa shape index (κ2) is 11.6. The van der Waals surface area contributed by atoms with Crippen LogP contribution in [0.15, 0.2) is 103 Å². The number of aliphatic hydroxyl groups excluding tert-OH is 1. The van der Waals surface area contributed by atoms with E-state index in [0.717, 1.165) is 27.8 Å². The number of benzene rings is 3. The van der Waals surface area contributed by atoms with E-state index in [1.807, 2.05) is 61.5 Å². The van der Waals surface area contributed by atoms with E-state index in [0.29, 0.717) is 23.8 Å². The number of aliphatic hydroxyl groups is 1. The van der Waals surface area contributed by atoms with Crippen LogP contribution in [-0.2, 0) is 22.7 Å². The number of hydrogen-bond donors (Lipinski definition) is 1. The maximum absolute atomic E-state index is 13.4. The number of pyridine rings is 1. The van der Waals surface area contributed by atoms with Gasteiger partial charge < -0.3 is 14.7 Å². The molecule has 1 aromatic heterocycles. The SMILES string of the molecule is Cc1ccccc1COc1ccc(C(O)=C2C(=O)C(=O)N(Cc3cccnc3)C2c2ccc(C(C)C)cc2)cc1. The average Bonchev–Trinajstić information content (AvgIpc) is 3.22. The number of Topliss-reactive ketones (excluding diaryl/α,β-unsaturated/α-hetero) is 1. The molecule has 6 heteroatoms. The van der Waals surface area contributed by atoms with Crippen LogP contribution in [0.1, 0.15) is 59.2 Å². The summed E-state index contributed by atoms with van der Waals surface area (Å²) in [7, 11) is 0. The lowest BCUT2D eigenvalue weighted by atomic mass is 9.93. The van der Waals surface area contributed by atoms with E-state index < -0.39 is 17.7 Å². The number of carbonyl (C=O) groups is 2. The molecule has 1 saturated heterocycles. The van der Waals surface area contributed by atoms with Crippen LogP contribution in [0.3, 0.4) is 0 Å². The molecule has 1 aliphatic rings. The zero-order chi connectivity index (χ0) is 28.2. The van der Waals surface area contributed by atoms with Gasteiger partial charge in [-0.3, -0.25) is 14.6 Å². The van der Waals surface area contributed by atoms with Crippen LogP contribution >= 0.6 is 0 Å². The predicted octanol–water partition coefficient (Wildman–Crippen LogP) is 6.71. The predicted molar refractivity (Wildman–Crippen MR) is 155 cm³/mol. The van der Waals surface area contributed by atoms with E-state index in [9.17, 15) is 14.7 Å². The number of rotatable bonds is 8. The summed E-state index contributed by atoms with van der Waals surface area (Å²) in [6.45, 7) is 6.87. The van der Waals surface area contributed by atoms with Crippen molar-refractivity contribution in [2.45, 2.75) is 45.9 Å². The quantitative estimate of drug-likeness (QED) is 0.155. The molecule has 1 unspecified atom stereocenters. The molecule has 3 aromatic carbocycles. The number of amides is 1. The highest BCUT2D eigenvalue weighted by Gasteiger charge is 2.46. The molecule has 4 aromatic rings. The van der Waals surface area contributed by atoms with Crippen molar-refractivity contribution in [3.63, 3.8) is 0 Å². The van der Waals surface area contributed by atoms with E-state index >= 15 is 0 Å². The summed E-state index contributed by atoms with van der Waals surface area (Å²) in [5.74, 6) is -0.601. The van der Waals surface area contributed by atoms with Gasteiger partial charge in [-0.05, 0) is 71.0 Å².